The van der Waals surface area contributed by atoms with Crippen LogP contribution in [0, 0.1) is 0 Å². The average molecular weight is 312 g/mol. The van der Waals surface area contributed by atoms with Gasteiger partial charge in [0.2, 0.25) is 10.0 Å². The van der Waals surface area contributed by atoms with E-state index in [2.05, 4.69) is 23.9 Å². The minimum Gasteiger partial charge on any atom is -0.382 e. The van der Waals surface area contributed by atoms with Gasteiger partial charge in [-0.2, -0.15) is 0 Å². The fraction of sp³-hybridized carbons (Fsp3) is 0.600. The van der Waals surface area contributed by atoms with Crippen LogP contribution in [0.3, 0.4) is 0 Å². The van der Waals surface area contributed by atoms with Crippen LogP contribution in [0.5, 0.6) is 0 Å². The van der Waals surface area contributed by atoms with Gasteiger partial charge in [-0.25, -0.2) is 13.1 Å². The SMILES string of the molecule is CCNS(=O)(=O)c1ccc(NC2CC(C)OC(C)C2)cc1. The molecule has 1 aliphatic rings. The van der Waals surface area contributed by atoms with Gasteiger partial charge in [-0.3, -0.25) is 0 Å². The Kier molecular flexibility index (Phi) is 5.24. The van der Waals surface area contributed by atoms with E-state index in [1.165, 1.54) is 0 Å². The maximum absolute atomic E-state index is 11.9. The monoisotopic (exact) mass is 312 g/mol. The Morgan fingerprint density at radius 2 is 1.71 bits per heavy atom. The first kappa shape index (κ1) is 16.3. The number of hydrogen-bond acceptors (Lipinski definition) is 4. The molecule has 2 unspecified atom stereocenters. The first-order valence-electron chi connectivity index (χ1n) is 7.42. The van der Waals surface area contributed by atoms with Crippen LogP contribution >= 0.6 is 0 Å². The third-order valence-electron chi connectivity index (χ3n) is 3.57. The number of hydrogen-bond donors (Lipinski definition) is 2. The van der Waals surface area contributed by atoms with E-state index in [9.17, 15) is 8.42 Å². The lowest BCUT2D eigenvalue weighted by Crippen LogP contribution is -2.36. The van der Waals surface area contributed by atoms with E-state index in [-0.39, 0.29) is 12.2 Å². The zero-order valence-corrected chi connectivity index (χ0v) is 13.6. The molecule has 118 valence electrons. The molecular weight excluding hydrogens is 288 g/mol. The van der Waals surface area contributed by atoms with Crippen LogP contribution in [0.1, 0.15) is 33.6 Å². The Labute approximate surface area is 127 Å². The highest BCUT2D eigenvalue weighted by Gasteiger charge is 2.24. The van der Waals surface area contributed by atoms with Gasteiger partial charge in [0, 0.05) is 18.3 Å². The molecular formula is C15H24N2O3S. The van der Waals surface area contributed by atoms with Gasteiger partial charge in [-0.05, 0) is 51.0 Å². The van der Waals surface area contributed by atoms with Gasteiger partial charge in [0.15, 0.2) is 0 Å². The van der Waals surface area contributed by atoms with Crippen molar-refractivity contribution in [2.24, 2.45) is 0 Å². The molecule has 0 aromatic heterocycles. The fourth-order valence-electron chi connectivity index (χ4n) is 2.76. The summed E-state index contributed by atoms with van der Waals surface area (Å²) in [5.74, 6) is 0. The van der Waals surface area contributed by atoms with Crippen LogP contribution in [-0.2, 0) is 14.8 Å². The molecule has 5 nitrogen and oxygen atoms in total. The van der Waals surface area contributed by atoms with Crippen molar-refractivity contribution in [3.05, 3.63) is 24.3 Å². The first-order chi connectivity index (χ1) is 9.90. The van der Waals surface area contributed by atoms with E-state index in [1.54, 1.807) is 19.1 Å². The minimum atomic E-state index is -3.38. The Hall–Kier alpha value is -1.11. The van der Waals surface area contributed by atoms with Gasteiger partial charge in [0.1, 0.15) is 0 Å². The zero-order valence-electron chi connectivity index (χ0n) is 12.8. The summed E-state index contributed by atoms with van der Waals surface area (Å²) in [5, 5.41) is 3.46. The van der Waals surface area contributed by atoms with E-state index in [4.69, 9.17) is 4.74 Å². The van der Waals surface area contributed by atoms with Gasteiger partial charge >= 0.3 is 0 Å². The van der Waals surface area contributed by atoms with Gasteiger partial charge in [-0.15, -0.1) is 0 Å². The van der Waals surface area contributed by atoms with Crippen LogP contribution in [-0.4, -0.2) is 33.2 Å². The standard InChI is InChI=1S/C15H24N2O3S/c1-4-16-21(18,19)15-7-5-13(6-8-15)17-14-9-11(2)20-12(3)10-14/h5-8,11-12,14,16-17H,4,9-10H2,1-3H3. The number of sulfonamides is 1. The Bertz CT molecular complexity index is 547. The highest BCUT2D eigenvalue weighted by atomic mass is 32.2. The van der Waals surface area contributed by atoms with Gasteiger partial charge in [0.25, 0.3) is 0 Å². The molecule has 0 amide bonds. The summed E-state index contributed by atoms with van der Waals surface area (Å²) in [6.07, 6.45) is 2.42. The van der Waals surface area contributed by atoms with Crippen LogP contribution in [0.15, 0.2) is 29.2 Å². The second-order valence-corrected chi connectivity index (χ2v) is 7.36. The molecule has 1 fully saturated rings. The summed E-state index contributed by atoms with van der Waals surface area (Å²) in [5.41, 5.74) is 0.941. The van der Waals surface area contributed by atoms with Crippen LogP contribution in [0.4, 0.5) is 5.69 Å². The highest BCUT2D eigenvalue weighted by molar-refractivity contribution is 7.89. The second-order valence-electron chi connectivity index (χ2n) is 5.60. The quantitative estimate of drug-likeness (QED) is 0.876. The molecule has 0 radical (unpaired) electrons. The van der Waals surface area contributed by atoms with Crippen molar-refractivity contribution in [3.8, 4) is 0 Å². The molecule has 2 N–H and O–H groups in total. The molecule has 0 spiro atoms. The van der Waals surface area contributed by atoms with Crippen molar-refractivity contribution in [3.63, 3.8) is 0 Å². The first-order valence-corrected chi connectivity index (χ1v) is 8.90. The Morgan fingerprint density at radius 1 is 1.14 bits per heavy atom. The number of nitrogens with one attached hydrogen (secondary N) is 2. The third-order valence-corrected chi connectivity index (χ3v) is 5.13. The summed E-state index contributed by atoms with van der Waals surface area (Å²) in [6, 6.07) is 7.25. The van der Waals surface area contributed by atoms with Crippen LogP contribution in [0.2, 0.25) is 0 Å². The van der Waals surface area contributed by atoms with E-state index < -0.39 is 10.0 Å². The highest BCUT2D eigenvalue weighted by Crippen LogP contribution is 2.23. The predicted octanol–water partition coefficient (Wildman–Crippen LogP) is 2.35. The van der Waals surface area contributed by atoms with Crippen molar-refractivity contribution >= 4 is 15.7 Å². The van der Waals surface area contributed by atoms with Gasteiger partial charge < -0.3 is 10.1 Å². The topological polar surface area (TPSA) is 67.4 Å². The smallest absolute Gasteiger partial charge is 0.240 e. The predicted molar refractivity (Wildman–Crippen MR) is 84.0 cm³/mol. The second kappa shape index (κ2) is 6.77. The van der Waals surface area contributed by atoms with Crippen molar-refractivity contribution in [1.29, 1.82) is 0 Å². The largest absolute Gasteiger partial charge is 0.382 e. The number of benzene rings is 1. The number of rotatable bonds is 5. The molecule has 0 bridgehead atoms. The molecule has 2 rings (SSSR count). The summed E-state index contributed by atoms with van der Waals surface area (Å²) in [7, 11) is -3.38. The van der Waals surface area contributed by atoms with Gasteiger partial charge in [-0.1, -0.05) is 6.92 Å². The zero-order chi connectivity index (χ0) is 15.5. The van der Waals surface area contributed by atoms with Crippen molar-refractivity contribution in [2.45, 2.75) is 56.8 Å². The van der Waals surface area contributed by atoms with E-state index in [0.29, 0.717) is 17.5 Å². The molecule has 1 aliphatic heterocycles. The van der Waals surface area contributed by atoms with E-state index >= 15 is 0 Å². The van der Waals surface area contributed by atoms with E-state index in [1.807, 2.05) is 12.1 Å². The minimum absolute atomic E-state index is 0.250. The molecule has 6 heteroatoms. The molecule has 1 aromatic carbocycles. The van der Waals surface area contributed by atoms with Crippen LogP contribution in [0.25, 0.3) is 0 Å². The molecule has 1 aromatic rings. The summed E-state index contributed by atoms with van der Waals surface area (Å²) in [4.78, 5) is 0.295. The summed E-state index contributed by atoms with van der Waals surface area (Å²) in [6.45, 7) is 6.31. The maximum atomic E-state index is 11.9. The lowest BCUT2D eigenvalue weighted by Gasteiger charge is -2.33. The summed E-state index contributed by atoms with van der Waals surface area (Å²) >= 11 is 0. The third kappa shape index (κ3) is 4.43. The summed E-state index contributed by atoms with van der Waals surface area (Å²) < 4.78 is 31.9. The number of ether oxygens (including phenoxy) is 1. The Balaban J connectivity index is 2.03. The van der Waals surface area contributed by atoms with Crippen LogP contribution < -0.4 is 10.0 Å². The average Bonchev–Trinajstić information content (AvgIpc) is 2.38. The van der Waals surface area contributed by atoms with Crippen molar-refractivity contribution in [2.75, 3.05) is 11.9 Å². The molecule has 0 saturated carbocycles. The Morgan fingerprint density at radius 3 is 2.24 bits per heavy atom. The molecule has 0 aliphatic carbocycles. The van der Waals surface area contributed by atoms with Gasteiger partial charge in [0.05, 0.1) is 17.1 Å². The lowest BCUT2D eigenvalue weighted by molar-refractivity contribution is -0.0337. The molecule has 21 heavy (non-hydrogen) atoms. The maximum Gasteiger partial charge on any atom is 0.240 e. The fourth-order valence-corrected chi connectivity index (χ4v) is 3.80. The lowest BCUT2D eigenvalue weighted by atomic mass is 9.99. The molecule has 1 saturated heterocycles. The van der Waals surface area contributed by atoms with Crippen molar-refractivity contribution < 1.29 is 13.2 Å². The molecule has 2 atom stereocenters. The normalized spacial score (nSPS) is 26.5. The van der Waals surface area contributed by atoms with E-state index in [0.717, 1.165) is 18.5 Å². The van der Waals surface area contributed by atoms with Crippen molar-refractivity contribution in [1.82, 2.24) is 4.72 Å². The number of anilines is 1. The molecule has 1 heterocycles.